The minimum atomic E-state index is 0.166. The van der Waals surface area contributed by atoms with Crippen molar-refractivity contribution in [3.05, 3.63) is 28.2 Å². The van der Waals surface area contributed by atoms with Gasteiger partial charge in [-0.2, -0.15) is 0 Å². The Kier molecular flexibility index (Phi) is 4.11. The summed E-state index contributed by atoms with van der Waals surface area (Å²) in [5, 5.41) is 12.0. The number of hydrogen-bond donors (Lipinski definition) is 2. The monoisotopic (exact) mass is 311 g/mol. The molecule has 4 nitrogen and oxygen atoms in total. The lowest BCUT2D eigenvalue weighted by Crippen LogP contribution is -2.29. The molecule has 0 atom stereocenters. The van der Waals surface area contributed by atoms with Crippen LogP contribution >= 0.6 is 15.9 Å². The summed E-state index contributed by atoms with van der Waals surface area (Å²) in [7, 11) is 0. The fourth-order valence-electron chi connectivity index (χ4n) is 2.14. The number of amidine groups is 1. The molecule has 0 amide bonds. The fraction of sp³-hybridized carbons (Fsp3) is 0.462. The van der Waals surface area contributed by atoms with Crippen molar-refractivity contribution in [3.63, 3.8) is 0 Å². The molecule has 18 heavy (non-hydrogen) atoms. The van der Waals surface area contributed by atoms with Gasteiger partial charge in [0.1, 0.15) is 0 Å². The van der Waals surface area contributed by atoms with Crippen molar-refractivity contribution in [1.29, 1.82) is 0 Å². The number of hydrogen-bond acceptors (Lipinski definition) is 3. The van der Waals surface area contributed by atoms with E-state index in [1.165, 1.54) is 12.8 Å². The first-order valence-corrected chi connectivity index (χ1v) is 7.00. The summed E-state index contributed by atoms with van der Waals surface area (Å²) in [6, 6.07) is 6.44. The molecule has 0 saturated heterocycles. The van der Waals surface area contributed by atoms with Crippen LogP contribution < -0.4 is 10.6 Å². The summed E-state index contributed by atoms with van der Waals surface area (Å²) in [5.41, 5.74) is 7.60. The summed E-state index contributed by atoms with van der Waals surface area (Å²) in [5.74, 6) is 0.166. The predicted octanol–water partition coefficient (Wildman–Crippen LogP) is 2.92. The maximum absolute atomic E-state index is 8.88. The summed E-state index contributed by atoms with van der Waals surface area (Å²) in [6.45, 7) is 3.16. The minimum absolute atomic E-state index is 0.166. The maximum Gasteiger partial charge on any atom is 0.172 e. The van der Waals surface area contributed by atoms with Crippen LogP contribution in [0.5, 0.6) is 0 Å². The van der Waals surface area contributed by atoms with Gasteiger partial charge < -0.3 is 15.8 Å². The Bertz CT molecular complexity index is 458. The summed E-state index contributed by atoms with van der Waals surface area (Å²) >= 11 is 3.49. The Morgan fingerprint density at radius 1 is 1.56 bits per heavy atom. The van der Waals surface area contributed by atoms with Gasteiger partial charge in [0.2, 0.25) is 0 Å². The van der Waals surface area contributed by atoms with E-state index in [2.05, 4.69) is 32.9 Å². The van der Waals surface area contributed by atoms with Gasteiger partial charge in [-0.3, -0.25) is 0 Å². The molecule has 1 aromatic carbocycles. The summed E-state index contributed by atoms with van der Waals surface area (Å²) in [4.78, 5) is 2.36. The van der Waals surface area contributed by atoms with E-state index in [9.17, 15) is 0 Å². The number of nitrogens with two attached hydrogens (primary N) is 1. The van der Waals surface area contributed by atoms with E-state index in [-0.39, 0.29) is 5.84 Å². The molecule has 0 spiro atoms. The Balaban J connectivity index is 2.42. The highest BCUT2D eigenvalue weighted by Gasteiger charge is 2.30. The molecule has 98 valence electrons. The lowest BCUT2D eigenvalue weighted by atomic mass is 10.1. The zero-order valence-electron chi connectivity index (χ0n) is 10.4. The molecule has 1 aliphatic carbocycles. The first-order chi connectivity index (χ1) is 8.67. The normalized spacial score (nSPS) is 15.8. The highest BCUT2D eigenvalue weighted by molar-refractivity contribution is 9.10. The second-order valence-electron chi connectivity index (χ2n) is 4.57. The van der Waals surface area contributed by atoms with Crippen molar-refractivity contribution in [2.75, 3.05) is 11.4 Å². The molecule has 0 bridgehead atoms. The van der Waals surface area contributed by atoms with Crippen molar-refractivity contribution in [2.24, 2.45) is 10.9 Å². The largest absolute Gasteiger partial charge is 0.409 e. The number of halogens is 1. The third-order valence-corrected chi connectivity index (χ3v) is 3.60. The van der Waals surface area contributed by atoms with Gasteiger partial charge in [0.15, 0.2) is 5.84 Å². The zero-order valence-corrected chi connectivity index (χ0v) is 12.0. The molecule has 0 aromatic heterocycles. The second kappa shape index (κ2) is 5.61. The topological polar surface area (TPSA) is 61.8 Å². The standard InChI is InChI=1S/C13H18BrN3O/c1-2-7-17(10-4-5-10)12-8-9(14)3-6-11(12)13(15)16-18/h3,6,8,10,18H,2,4-5,7H2,1H3,(H2,15,16). The Labute approximate surface area is 116 Å². The van der Waals surface area contributed by atoms with E-state index < -0.39 is 0 Å². The van der Waals surface area contributed by atoms with Crippen LogP contribution in [0.1, 0.15) is 31.7 Å². The smallest absolute Gasteiger partial charge is 0.172 e. The van der Waals surface area contributed by atoms with E-state index in [0.717, 1.165) is 28.7 Å². The van der Waals surface area contributed by atoms with E-state index >= 15 is 0 Å². The van der Waals surface area contributed by atoms with Crippen LogP contribution in [0, 0.1) is 0 Å². The minimum Gasteiger partial charge on any atom is -0.409 e. The highest BCUT2D eigenvalue weighted by Crippen LogP contribution is 2.35. The Morgan fingerprint density at radius 2 is 2.28 bits per heavy atom. The van der Waals surface area contributed by atoms with Gasteiger partial charge in [-0.15, -0.1) is 0 Å². The van der Waals surface area contributed by atoms with Crippen molar-refractivity contribution < 1.29 is 5.21 Å². The Hall–Kier alpha value is -1.23. The highest BCUT2D eigenvalue weighted by atomic mass is 79.9. The van der Waals surface area contributed by atoms with Gasteiger partial charge in [0.05, 0.1) is 0 Å². The van der Waals surface area contributed by atoms with Crippen LogP contribution in [-0.4, -0.2) is 23.6 Å². The van der Waals surface area contributed by atoms with Gasteiger partial charge in [-0.25, -0.2) is 0 Å². The number of rotatable bonds is 5. The fourth-order valence-corrected chi connectivity index (χ4v) is 2.49. The molecule has 0 heterocycles. The molecule has 0 aliphatic heterocycles. The molecular formula is C13H18BrN3O. The molecular weight excluding hydrogens is 294 g/mol. The van der Waals surface area contributed by atoms with Crippen LogP contribution in [0.25, 0.3) is 0 Å². The van der Waals surface area contributed by atoms with Crippen molar-refractivity contribution in [3.8, 4) is 0 Å². The number of anilines is 1. The molecule has 1 saturated carbocycles. The third kappa shape index (κ3) is 2.77. The second-order valence-corrected chi connectivity index (χ2v) is 5.49. The number of benzene rings is 1. The molecule has 1 aromatic rings. The molecule has 3 N–H and O–H groups in total. The van der Waals surface area contributed by atoms with Crippen LogP contribution in [-0.2, 0) is 0 Å². The van der Waals surface area contributed by atoms with E-state index in [1.54, 1.807) is 0 Å². The summed E-state index contributed by atoms with van der Waals surface area (Å²) < 4.78 is 1.01. The van der Waals surface area contributed by atoms with E-state index in [1.807, 2.05) is 18.2 Å². The van der Waals surface area contributed by atoms with Crippen LogP contribution in [0.2, 0.25) is 0 Å². The van der Waals surface area contributed by atoms with Crippen LogP contribution in [0.3, 0.4) is 0 Å². The van der Waals surface area contributed by atoms with Crippen LogP contribution in [0.4, 0.5) is 5.69 Å². The maximum atomic E-state index is 8.88. The first kappa shape index (κ1) is 13.2. The number of nitrogens with zero attached hydrogens (tertiary/aromatic N) is 2. The molecule has 2 rings (SSSR count). The molecule has 1 aliphatic rings. The van der Waals surface area contributed by atoms with Crippen molar-refractivity contribution >= 4 is 27.5 Å². The predicted molar refractivity (Wildman–Crippen MR) is 77.3 cm³/mol. The zero-order chi connectivity index (χ0) is 13.1. The Morgan fingerprint density at radius 3 is 2.83 bits per heavy atom. The van der Waals surface area contributed by atoms with Gasteiger partial charge in [-0.05, 0) is 37.5 Å². The average Bonchev–Trinajstić information content (AvgIpc) is 3.19. The van der Waals surface area contributed by atoms with Gasteiger partial charge in [0, 0.05) is 28.3 Å². The molecule has 5 heteroatoms. The lowest BCUT2D eigenvalue weighted by Gasteiger charge is -2.26. The average molecular weight is 312 g/mol. The van der Waals surface area contributed by atoms with Crippen molar-refractivity contribution in [1.82, 2.24) is 0 Å². The molecule has 0 unspecified atom stereocenters. The quantitative estimate of drug-likeness (QED) is 0.380. The van der Waals surface area contributed by atoms with Gasteiger partial charge in [0.25, 0.3) is 0 Å². The SMILES string of the molecule is CCCN(c1cc(Br)ccc1/C(N)=N/O)C1CC1. The van der Waals surface area contributed by atoms with Gasteiger partial charge in [-0.1, -0.05) is 28.0 Å². The van der Waals surface area contributed by atoms with E-state index in [4.69, 9.17) is 10.9 Å². The molecule has 1 fully saturated rings. The molecule has 0 radical (unpaired) electrons. The number of oxime groups is 1. The van der Waals surface area contributed by atoms with E-state index in [0.29, 0.717) is 6.04 Å². The first-order valence-electron chi connectivity index (χ1n) is 6.21. The van der Waals surface area contributed by atoms with Gasteiger partial charge >= 0.3 is 0 Å². The van der Waals surface area contributed by atoms with Crippen LogP contribution in [0.15, 0.2) is 27.8 Å². The third-order valence-electron chi connectivity index (χ3n) is 3.11. The van der Waals surface area contributed by atoms with Crippen molar-refractivity contribution in [2.45, 2.75) is 32.2 Å². The summed E-state index contributed by atoms with van der Waals surface area (Å²) in [6.07, 6.45) is 3.53. The lowest BCUT2D eigenvalue weighted by molar-refractivity contribution is 0.318.